The number of aromatic hydroxyl groups is 1. The molecular weight excluding hydrogens is 240 g/mol. The lowest BCUT2D eigenvalue weighted by molar-refractivity contribution is -0.125. The van der Waals surface area contributed by atoms with Crippen molar-refractivity contribution in [1.29, 1.82) is 0 Å². The highest BCUT2D eigenvalue weighted by molar-refractivity contribution is 5.80. The number of rotatable bonds is 4. The second kappa shape index (κ2) is 5.21. The standard InChI is InChI=1S/C15H20N2O2/c18-12-4-1-10(2-5-12)7-8-16-15(19)13-9-11-3-6-14(13)17-11/h1-2,4-5,11,13-14,17-18H,3,6-9H2,(H,16,19). The quantitative estimate of drug-likeness (QED) is 0.762. The zero-order chi connectivity index (χ0) is 13.2. The van der Waals surface area contributed by atoms with E-state index in [1.54, 1.807) is 12.1 Å². The third-order valence-corrected chi connectivity index (χ3v) is 4.29. The SMILES string of the molecule is O=C(NCCc1ccc(O)cc1)C1CC2CCC1N2. The van der Waals surface area contributed by atoms with Gasteiger partial charge in [0.05, 0.1) is 5.92 Å². The normalized spacial score (nSPS) is 28.5. The maximum atomic E-state index is 12.1. The first-order chi connectivity index (χ1) is 9.22. The maximum absolute atomic E-state index is 12.1. The Bertz CT molecular complexity index is 458. The molecular formula is C15H20N2O2. The van der Waals surface area contributed by atoms with Crippen molar-refractivity contribution in [3.63, 3.8) is 0 Å². The molecule has 0 radical (unpaired) electrons. The Hall–Kier alpha value is -1.55. The molecule has 1 aromatic carbocycles. The molecule has 4 heteroatoms. The van der Waals surface area contributed by atoms with Gasteiger partial charge in [-0.15, -0.1) is 0 Å². The van der Waals surface area contributed by atoms with Gasteiger partial charge in [0, 0.05) is 18.6 Å². The van der Waals surface area contributed by atoms with E-state index in [2.05, 4.69) is 10.6 Å². The van der Waals surface area contributed by atoms with E-state index in [1.807, 2.05) is 12.1 Å². The predicted octanol–water partition coefficient (Wildman–Crippen LogP) is 1.19. The van der Waals surface area contributed by atoms with E-state index < -0.39 is 0 Å². The van der Waals surface area contributed by atoms with Crippen molar-refractivity contribution < 1.29 is 9.90 Å². The van der Waals surface area contributed by atoms with Crippen LogP contribution in [0.25, 0.3) is 0 Å². The molecule has 0 saturated carbocycles. The number of phenolic OH excluding ortho intramolecular Hbond substituents is 1. The van der Waals surface area contributed by atoms with Crippen LogP contribution in [0.15, 0.2) is 24.3 Å². The molecule has 2 aliphatic rings. The average molecular weight is 260 g/mol. The highest BCUT2D eigenvalue weighted by Crippen LogP contribution is 2.33. The number of hydrogen-bond acceptors (Lipinski definition) is 3. The van der Waals surface area contributed by atoms with Gasteiger partial charge in [0.15, 0.2) is 0 Å². The summed E-state index contributed by atoms with van der Waals surface area (Å²) < 4.78 is 0. The van der Waals surface area contributed by atoms with Crippen molar-refractivity contribution >= 4 is 5.91 Å². The van der Waals surface area contributed by atoms with Crippen molar-refractivity contribution in [2.45, 2.75) is 37.8 Å². The molecule has 0 aliphatic carbocycles. The van der Waals surface area contributed by atoms with Crippen molar-refractivity contribution in [1.82, 2.24) is 10.6 Å². The molecule has 3 atom stereocenters. The van der Waals surface area contributed by atoms with E-state index >= 15 is 0 Å². The monoisotopic (exact) mass is 260 g/mol. The lowest BCUT2D eigenvalue weighted by Gasteiger charge is -2.19. The molecule has 102 valence electrons. The molecule has 19 heavy (non-hydrogen) atoms. The van der Waals surface area contributed by atoms with Crippen LogP contribution in [0, 0.1) is 5.92 Å². The molecule has 1 aromatic rings. The van der Waals surface area contributed by atoms with E-state index in [0.717, 1.165) is 24.8 Å². The van der Waals surface area contributed by atoms with Gasteiger partial charge < -0.3 is 15.7 Å². The molecule has 3 rings (SSSR count). The summed E-state index contributed by atoms with van der Waals surface area (Å²) >= 11 is 0. The molecule has 0 spiro atoms. The first-order valence-electron chi connectivity index (χ1n) is 7.04. The Morgan fingerprint density at radius 2 is 2.11 bits per heavy atom. The third-order valence-electron chi connectivity index (χ3n) is 4.29. The van der Waals surface area contributed by atoms with Gasteiger partial charge >= 0.3 is 0 Å². The predicted molar refractivity (Wildman–Crippen MR) is 72.9 cm³/mol. The summed E-state index contributed by atoms with van der Waals surface area (Å²) in [4.78, 5) is 12.1. The largest absolute Gasteiger partial charge is 0.508 e. The number of fused-ring (bicyclic) bond motifs is 2. The Morgan fingerprint density at radius 1 is 1.32 bits per heavy atom. The van der Waals surface area contributed by atoms with Crippen molar-refractivity contribution in [2.24, 2.45) is 5.92 Å². The summed E-state index contributed by atoms with van der Waals surface area (Å²) in [6, 6.07) is 8.10. The highest BCUT2D eigenvalue weighted by atomic mass is 16.3. The topological polar surface area (TPSA) is 61.4 Å². The molecule has 4 nitrogen and oxygen atoms in total. The summed E-state index contributed by atoms with van der Waals surface area (Å²) in [5, 5.41) is 15.7. The summed E-state index contributed by atoms with van der Waals surface area (Å²) in [7, 11) is 0. The van der Waals surface area contributed by atoms with E-state index in [9.17, 15) is 9.90 Å². The lowest BCUT2D eigenvalue weighted by atomic mass is 9.88. The van der Waals surface area contributed by atoms with Gasteiger partial charge in [-0.25, -0.2) is 0 Å². The van der Waals surface area contributed by atoms with Gasteiger partial charge in [-0.05, 0) is 43.4 Å². The van der Waals surface area contributed by atoms with E-state index in [0.29, 0.717) is 18.6 Å². The molecule has 3 N–H and O–H groups in total. The Balaban J connectivity index is 1.45. The number of phenols is 1. The van der Waals surface area contributed by atoms with Crippen molar-refractivity contribution in [2.75, 3.05) is 6.54 Å². The minimum absolute atomic E-state index is 0.165. The summed E-state index contributed by atoms with van der Waals surface area (Å²) in [5.41, 5.74) is 1.13. The molecule has 3 unspecified atom stereocenters. The average Bonchev–Trinajstić information content (AvgIpc) is 3.03. The van der Waals surface area contributed by atoms with Crippen LogP contribution in [0.3, 0.4) is 0 Å². The zero-order valence-electron chi connectivity index (χ0n) is 10.9. The van der Waals surface area contributed by atoms with Crippen molar-refractivity contribution in [3.8, 4) is 5.75 Å². The molecule has 2 saturated heterocycles. The Kier molecular flexibility index (Phi) is 3.42. The highest BCUT2D eigenvalue weighted by Gasteiger charge is 2.42. The van der Waals surface area contributed by atoms with Crippen LogP contribution in [0.4, 0.5) is 0 Å². The van der Waals surface area contributed by atoms with Crippen LogP contribution in [-0.4, -0.2) is 29.6 Å². The van der Waals surface area contributed by atoms with Gasteiger partial charge in [-0.2, -0.15) is 0 Å². The van der Waals surface area contributed by atoms with Crippen LogP contribution in [0.2, 0.25) is 0 Å². The van der Waals surface area contributed by atoms with Crippen LogP contribution in [-0.2, 0) is 11.2 Å². The van der Waals surface area contributed by atoms with E-state index in [-0.39, 0.29) is 17.6 Å². The number of carbonyl (C=O) groups excluding carboxylic acids is 1. The van der Waals surface area contributed by atoms with E-state index in [1.165, 1.54) is 6.42 Å². The summed E-state index contributed by atoms with van der Waals surface area (Å²) in [5.74, 6) is 0.637. The molecule has 0 aromatic heterocycles. The van der Waals surface area contributed by atoms with E-state index in [4.69, 9.17) is 0 Å². The molecule has 1 amide bonds. The fraction of sp³-hybridized carbons (Fsp3) is 0.533. The van der Waals surface area contributed by atoms with Crippen LogP contribution in [0.5, 0.6) is 5.75 Å². The van der Waals surface area contributed by atoms with Gasteiger partial charge in [-0.1, -0.05) is 12.1 Å². The minimum Gasteiger partial charge on any atom is -0.508 e. The smallest absolute Gasteiger partial charge is 0.224 e. The minimum atomic E-state index is 0.165. The van der Waals surface area contributed by atoms with Crippen molar-refractivity contribution in [3.05, 3.63) is 29.8 Å². The van der Waals surface area contributed by atoms with Crippen LogP contribution in [0.1, 0.15) is 24.8 Å². The van der Waals surface area contributed by atoms with Gasteiger partial charge in [0.1, 0.15) is 5.75 Å². The second-order valence-corrected chi connectivity index (χ2v) is 5.60. The first kappa shape index (κ1) is 12.5. The number of amides is 1. The van der Waals surface area contributed by atoms with Gasteiger partial charge in [-0.3, -0.25) is 4.79 Å². The molecule has 2 bridgehead atoms. The van der Waals surface area contributed by atoms with Gasteiger partial charge in [0.2, 0.25) is 5.91 Å². The number of carbonyl (C=O) groups is 1. The first-order valence-corrected chi connectivity index (χ1v) is 7.04. The fourth-order valence-corrected chi connectivity index (χ4v) is 3.24. The molecule has 2 fully saturated rings. The second-order valence-electron chi connectivity index (χ2n) is 5.60. The number of nitrogens with one attached hydrogen (secondary N) is 2. The number of benzene rings is 1. The van der Waals surface area contributed by atoms with Crippen LogP contribution < -0.4 is 10.6 Å². The Labute approximate surface area is 113 Å². The number of hydrogen-bond donors (Lipinski definition) is 3. The third kappa shape index (κ3) is 2.73. The fourth-order valence-electron chi connectivity index (χ4n) is 3.24. The summed E-state index contributed by atoms with van der Waals surface area (Å²) in [6.07, 6.45) is 4.17. The zero-order valence-corrected chi connectivity index (χ0v) is 10.9. The molecule has 2 heterocycles. The molecule has 2 aliphatic heterocycles. The van der Waals surface area contributed by atoms with Crippen LogP contribution >= 0.6 is 0 Å². The Morgan fingerprint density at radius 3 is 2.74 bits per heavy atom. The summed E-state index contributed by atoms with van der Waals surface area (Å²) in [6.45, 7) is 0.664. The maximum Gasteiger partial charge on any atom is 0.224 e. The van der Waals surface area contributed by atoms with Gasteiger partial charge in [0.25, 0.3) is 0 Å². The lowest BCUT2D eigenvalue weighted by Crippen LogP contribution is -2.38.